The van der Waals surface area contributed by atoms with Crippen molar-refractivity contribution in [1.29, 1.82) is 0 Å². The van der Waals surface area contributed by atoms with E-state index in [2.05, 4.69) is 5.32 Å². The Morgan fingerprint density at radius 2 is 2.00 bits per heavy atom. The van der Waals surface area contributed by atoms with Crippen molar-refractivity contribution in [2.24, 2.45) is 0 Å². The normalized spacial score (nSPS) is 20.8. The molecule has 1 aliphatic heterocycles. The average molecular weight is 354 g/mol. The number of sulfone groups is 1. The van der Waals surface area contributed by atoms with Gasteiger partial charge in [0.25, 0.3) is 0 Å². The first-order valence-electron chi connectivity index (χ1n) is 5.94. The van der Waals surface area contributed by atoms with Crippen LogP contribution in [0.15, 0.2) is 23.1 Å². The van der Waals surface area contributed by atoms with Crippen molar-refractivity contribution in [3.63, 3.8) is 0 Å². The number of amides is 1. The monoisotopic (exact) mass is 353 g/mol. The van der Waals surface area contributed by atoms with Crippen LogP contribution >= 0.6 is 35.0 Å². The van der Waals surface area contributed by atoms with Crippen LogP contribution in [0.2, 0.25) is 10.0 Å². The molecule has 0 aliphatic carbocycles. The van der Waals surface area contributed by atoms with Gasteiger partial charge < -0.3 is 5.32 Å². The third-order valence-corrected chi connectivity index (χ3v) is 6.62. The molecule has 1 saturated heterocycles. The van der Waals surface area contributed by atoms with Gasteiger partial charge in [-0.25, -0.2) is 8.42 Å². The van der Waals surface area contributed by atoms with Crippen LogP contribution in [0.25, 0.3) is 0 Å². The number of rotatable bonds is 4. The van der Waals surface area contributed by atoms with Gasteiger partial charge in [0.05, 0.1) is 27.3 Å². The van der Waals surface area contributed by atoms with E-state index in [0.29, 0.717) is 21.4 Å². The van der Waals surface area contributed by atoms with Crippen LogP contribution in [0.4, 0.5) is 0 Å². The molecule has 8 heteroatoms. The molecule has 0 bridgehead atoms. The second-order valence-corrected chi connectivity index (χ2v) is 8.54. The molecule has 1 aromatic carbocycles. The quantitative estimate of drug-likeness (QED) is 0.844. The highest BCUT2D eigenvalue weighted by molar-refractivity contribution is 8.00. The smallest absolute Gasteiger partial charge is 0.230 e. The summed E-state index contributed by atoms with van der Waals surface area (Å²) < 4.78 is 22.6. The van der Waals surface area contributed by atoms with Crippen molar-refractivity contribution in [3.05, 3.63) is 28.2 Å². The third-order valence-electron chi connectivity index (χ3n) is 2.86. The molecule has 20 heavy (non-hydrogen) atoms. The molecule has 110 valence electrons. The van der Waals surface area contributed by atoms with E-state index < -0.39 is 9.84 Å². The van der Waals surface area contributed by atoms with Crippen LogP contribution in [0.3, 0.4) is 0 Å². The van der Waals surface area contributed by atoms with Gasteiger partial charge in [-0.05, 0) is 18.6 Å². The Morgan fingerprint density at radius 3 is 2.55 bits per heavy atom. The minimum Gasteiger partial charge on any atom is -0.352 e. The Balaban J connectivity index is 1.87. The summed E-state index contributed by atoms with van der Waals surface area (Å²) in [5.74, 6) is 0.102. The number of thioether (sulfide) groups is 1. The SMILES string of the molecule is O=C(CSc1c(Cl)cccc1Cl)N[C@H]1CCS(=O)(=O)C1. The second kappa shape index (κ2) is 6.56. The molecule has 0 radical (unpaired) electrons. The van der Waals surface area contributed by atoms with Gasteiger partial charge in [0.15, 0.2) is 9.84 Å². The summed E-state index contributed by atoms with van der Waals surface area (Å²) in [4.78, 5) is 12.5. The Bertz CT molecular complexity index is 599. The van der Waals surface area contributed by atoms with E-state index in [0.717, 1.165) is 0 Å². The fraction of sp³-hybridized carbons (Fsp3) is 0.417. The van der Waals surface area contributed by atoms with Crippen LogP contribution in [-0.4, -0.2) is 37.6 Å². The molecule has 2 rings (SSSR count). The van der Waals surface area contributed by atoms with Gasteiger partial charge in [-0.3, -0.25) is 4.79 Å². The van der Waals surface area contributed by atoms with Gasteiger partial charge in [0.1, 0.15) is 0 Å². The van der Waals surface area contributed by atoms with Gasteiger partial charge in [-0.15, -0.1) is 11.8 Å². The average Bonchev–Trinajstić information content (AvgIpc) is 2.68. The van der Waals surface area contributed by atoms with Crippen LogP contribution < -0.4 is 5.32 Å². The summed E-state index contributed by atoms with van der Waals surface area (Å²) in [6, 6.07) is 4.86. The summed E-state index contributed by atoms with van der Waals surface area (Å²) in [6.07, 6.45) is 0.478. The van der Waals surface area contributed by atoms with E-state index >= 15 is 0 Å². The summed E-state index contributed by atoms with van der Waals surface area (Å²) in [7, 11) is -2.99. The van der Waals surface area contributed by atoms with Gasteiger partial charge >= 0.3 is 0 Å². The van der Waals surface area contributed by atoms with E-state index in [9.17, 15) is 13.2 Å². The molecule has 4 nitrogen and oxygen atoms in total. The number of halogens is 2. The molecule has 0 unspecified atom stereocenters. The molecule has 1 aromatic rings. The van der Waals surface area contributed by atoms with Crippen LogP contribution in [0.1, 0.15) is 6.42 Å². The van der Waals surface area contributed by atoms with Crippen LogP contribution in [0.5, 0.6) is 0 Å². The highest BCUT2D eigenvalue weighted by atomic mass is 35.5. The van der Waals surface area contributed by atoms with Crippen molar-refractivity contribution in [1.82, 2.24) is 5.32 Å². The highest BCUT2D eigenvalue weighted by Crippen LogP contribution is 2.33. The van der Waals surface area contributed by atoms with Gasteiger partial charge in [-0.1, -0.05) is 29.3 Å². The zero-order valence-corrected chi connectivity index (χ0v) is 13.6. The van der Waals surface area contributed by atoms with E-state index in [1.807, 2.05) is 0 Å². The summed E-state index contributed by atoms with van der Waals surface area (Å²) in [6.45, 7) is 0. The highest BCUT2D eigenvalue weighted by Gasteiger charge is 2.28. The minimum absolute atomic E-state index is 0.0241. The molecule has 1 fully saturated rings. The maximum atomic E-state index is 11.8. The lowest BCUT2D eigenvalue weighted by Crippen LogP contribution is -2.36. The fourth-order valence-corrected chi connectivity index (χ4v) is 5.11. The first kappa shape index (κ1) is 15.9. The first-order chi connectivity index (χ1) is 9.37. The van der Waals surface area contributed by atoms with E-state index in [1.54, 1.807) is 18.2 Å². The number of carbonyl (C=O) groups is 1. The Hall–Kier alpha value is -0.430. The predicted octanol–water partition coefficient (Wildman–Crippen LogP) is 2.39. The molecular formula is C12H13Cl2NO3S2. The topological polar surface area (TPSA) is 63.2 Å². The standard InChI is InChI=1S/C12H13Cl2NO3S2/c13-9-2-1-3-10(14)12(9)19-6-11(16)15-8-4-5-20(17,18)7-8/h1-3,8H,4-7H2,(H,15,16)/t8-/m0/s1. The summed E-state index contributed by atoms with van der Waals surface area (Å²) in [5.41, 5.74) is 0. The lowest BCUT2D eigenvalue weighted by atomic mass is 10.3. The number of nitrogens with one attached hydrogen (secondary N) is 1. The zero-order chi connectivity index (χ0) is 14.8. The third kappa shape index (κ3) is 4.28. The minimum atomic E-state index is -2.99. The second-order valence-electron chi connectivity index (χ2n) is 4.51. The van der Waals surface area contributed by atoms with E-state index in [-0.39, 0.29) is 29.2 Å². The van der Waals surface area contributed by atoms with E-state index in [4.69, 9.17) is 23.2 Å². The Labute approximate surface area is 132 Å². The lowest BCUT2D eigenvalue weighted by molar-refractivity contribution is -0.119. The van der Waals surface area contributed by atoms with Gasteiger partial charge in [0.2, 0.25) is 5.91 Å². The molecule has 0 spiro atoms. The summed E-state index contributed by atoms with van der Waals surface area (Å²) in [5, 5.41) is 3.72. The lowest BCUT2D eigenvalue weighted by Gasteiger charge is -2.11. The molecule has 0 aromatic heterocycles. The molecule has 1 heterocycles. The molecule has 1 atom stereocenters. The number of hydrogen-bond acceptors (Lipinski definition) is 4. The maximum absolute atomic E-state index is 11.8. The molecule has 1 amide bonds. The molecular weight excluding hydrogens is 341 g/mol. The molecule has 1 aliphatic rings. The number of hydrogen-bond donors (Lipinski definition) is 1. The molecule has 1 N–H and O–H groups in total. The Kier molecular flexibility index (Phi) is 5.23. The van der Waals surface area contributed by atoms with Crippen LogP contribution in [0, 0.1) is 0 Å². The summed E-state index contributed by atoms with van der Waals surface area (Å²) >= 11 is 13.2. The predicted molar refractivity (Wildman–Crippen MR) is 82.4 cm³/mol. The van der Waals surface area contributed by atoms with Crippen molar-refractivity contribution < 1.29 is 13.2 Å². The van der Waals surface area contributed by atoms with Gasteiger partial charge in [-0.2, -0.15) is 0 Å². The zero-order valence-electron chi connectivity index (χ0n) is 10.4. The number of carbonyl (C=O) groups excluding carboxylic acids is 1. The van der Waals surface area contributed by atoms with Crippen molar-refractivity contribution >= 4 is 50.7 Å². The fourth-order valence-electron chi connectivity index (χ4n) is 1.94. The van der Waals surface area contributed by atoms with Gasteiger partial charge in [0, 0.05) is 10.9 Å². The van der Waals surface area contributed by atoms with Crippen molar-refractivity contribution in [3.8, 4) is 0 Å². The number of benzene rings is 1. The largest absolute Gasteiger partial charge is 0.352 e. The Morgan fingerprint density at radius 1 is 1.35 bits per heavy atom. The van der Waals surface area contributed by atoms with Crippen LogP contribution in [-0.2, 0) is 14.6 Å². The molecule has 0 saturated carbocycles. The van der Waals surface area contributed by atoms with E-state index in [1.165, 1.54) is 11.8 Å². The first-order valence-corrected chi connectivity index (χ1v) is 9.50. The van der Waals surface area contributed by atoms with Crippen molar-refractivity contribution in [2.45, 2.75) is 17.4 Å². The maximum Gasteiger partial charge on any atom is 0.230 e. The van der Waals surface area contributed by atoms with Crippen molar-refractivity contribution in [2.75, 3.05) is 17.3 Å².